The third kappa shape index (κ3) is 5.97. The lowest BCUT2D eigenvalue weighted by Gasteiger charge is -2.26. The van der Waals surface area contributed by atoms with Crippen LogP contribution in [-0.2, 0) is 9.59 Å². The molecule has 0 atom stereocenters. The average Bonchev–Trinajstić information content (AvgIpc) is 2.35. The fourth-order valence-corrected chi connectivity index (χ4v) is 1.72. The van der Waals surface area contributed by atoms with Crippen LogP contribution in [0.4, 0.5) is 0 Å². The first kappa shape index (κ1) is 14.9. The lowest BCUT2D eigenvalue weighted by Crippen LogP contribution is -2.48. The second kappa shape index (κ2) is 8.05. The Hall–Kier alpha value is -1.14. The minimum Gasteiger partial charge on any atom is -0.354 e. The lowest BCUT2D eigenvalue weighted by molar-refractivity contribution is -0.125. The summed E-state index contributed by atoms with van der Waals surface area (Å²) < 4.78 is 0. The fraction of sp³-hybridized carbons (Fsp3) is 0.833. The van der Waals surface area contributed by atoms with Crippen molar-refractivity contribution in [2.45, 2.75) is 13.8 Å². The number of carbonyl (C=O) groups is 2. The number of piperazine rings is 1. The van der Waals surface area contributed by atoms with Gasteiger partial charge in [0, 0.05) is 45.2 Å². The van der Waals surface area contributed by atoms with E-state index in [0.717, 1.165) is 26.2 Å². The predicted molar refractivity (Wildman–Crippen MR) is 70.2 cm³/mol. The molecule has 0 aromatic carbocycles. The van der Waals surface area contributed by atoms with E-state index in [1.807, 2.05) is 13.8 Å². The minimum absolute atomic E-state index is 0.0125. The van der Waals surface area contributed by atoms with Gasteiger partial charge < -0.3 is 16.0 Å². The van der Waals surface area contributed by atoms with E-state index in [0.29, 0.717) is 19.6 Å². The molecule has 6 nitrogen and oxygen atoms in total. The Kier molecular flexibility index (Phi) is 6.67. The van der Waals surface area contributed by atoms with E-state index in [-0.39, 0.29) is 17.7 Å². The average molecular weight is 256 g/mol. The van der Waals surface area contributed by atoms with Gasteiger partial charge in [0.25, 0.3) is 0 Å². The van der Waals surface area contributed by atoms with E-state index in [1.165, 1.54) is 0 Å². The highest BCUT2D eigenvalue weighted by atomic mass is 16.2. The van der Waals surface area contributed by atoms with Crippen LogP contribution < -0.4 is 16.0 Å². The van der Waals surface area contributed by atoms with Crippen LogP contribution >= 0.6 is 0 Å². The Labute approximate surface area is 108 Å². The van der Waals surface area contributed by atoms with Gasteiger partial charge in [0.15, 0.2) is 0 Å². The minimum atomic E-state index is -0.0125. The van der Waals surface area contributed by atoms with Gasteiger partial charge in [-0.25, -0.2) is 0 Å². The summed E-state index contributed by atoms with van der Waals surface area (Å²) in [5.41, 5.74) is 0. The Morgan fingerprint density at radius 2 is 1.78 bits per heavy atom. The van der Waals surface area contributed by atoms with E-state index < -0.39 is 0 Å². The van der Waals surface area contributed by atoms with Crippen molar-refractivity contribution in [3.8, 4) is 0 Å². The molecule has 1 aliphatic heterocycles. The van der Waals surface area contributed by atoms with E-state index in [1.54, 1.807) is 0 Å². The lowest BCUT2D eigenvalue weighted by atomic mass is 10.2. The maximum Gasteiger partial charge on any atom is 0.234 e. The van der Waals surface area contributed by atoms with Gasteiger partial charge in [-0.15, -0.1) is 0 Å². The Morgan fingerprint density at radius 3 is 2.39 bits per heavy atom. The van der Waals surface area contributed by atoms with Crippen LogP contribution in [0.15, 0.2) is 0 Å². The van der Waals surface area contributed by atoms with Crippen LogP contribution in [0.2, 0.25) is 0 Å². The molecule has 2 amide bonds. The molecule has 0 spiro atoms. The zero-order valence-electron chi connectivity index (χ0n) is 11.3. The number of nitrogens with zero attached hydrogens (tertiary/aromatic N) is 1. The van der Waals surface area contributed by atoms with Crippen LogP contribution in [0.25, 0.3) is 0 Å². The predicted octanol–water partition coefficient (Wildman–Crippen LogP) is -1.22. The number of hydrogen-bond donors (Lipinski definition) is 3. The SMILES string of the molecule is CC(C)C(=O)NCCNC(=O)CN1CCNCC1. The number of carbonyl (C=O) groups excluding carboxylic acids is 2. The van der Waals surface area contributed by atoms with Crippen LogP contribution in [0.1, 0.15) is 13.8 Å². The Bertz CT molecular complexity index is 275. The van der Waals surface area contributed by atoms with E-state index in [2.05, 4.69) is 20.9 Å². The second-order valence-corrected chi connectivity index (χ2v) is 4.82. The third-order valence-corrected chi connectivity index (χ3v) is 2.85. The van der Waals surface area contributed by atoms with Crippen molar-refractivity contribution in [2.75, 3.05) is 45.8 Å². The van der Waals surface area contributed by atoms with Crippen LogP contribution in [0.5, 0.6) is 0 Å². The topological polar surface area (TPSA) is 73.5 Å². The molecule has 1 fully saturated rings. The van der Waals surface area contributed by atoms with E-state index >= 15 is 0 Å². The van der Waals surface area contributed by atoms with Gasteiger partial charge in [-0.05, 0) is 0 Å². The summed E-state index contributed by atoms with van der Waals surface area (Å²) in [5.74, 6) is 0.0311. The molecular formula is C12H24N4O2. The number of amides is 2. The van der Waals surface area contributed by atoms with E-state index in [4.69, 9.17) is 0 Å². The molecule has 1 aliphatic rings. The Balaban J connectivity index is 2.04. The smallest absolute Gasteiger partial charge is 0.234 e. The van der Waals surface area contributed by atoms with Crippen molar-refractivity contribution in [2.24, 2.45) is 5.92 Å². The number of nitrogens with one attached hydrogen (secondary N) is 3. The summed E-state index contributed by atoms with van der Waals surface area (Å²) in [7, 11) is 0. The molecule has 0 aliphatic carbocycles. The third-order valence-electron chi connectivity index (χ3n) is 2.85. The van der Waals surface area contributed by atoms with Crippen molar-refractivity contribution in [3.63, 3.8) is 0 Å². The molecule has 18 heavy (non-hydrogen) atoms. The largest absolute Gasteiger partial charge is 0.354 e. The standard InChI is InChI=1S/C12H24N4O2/c1-10(2)12(18)15-4-3-14-11(17)9-16-7-5-13-6-8-16/h10,13H,3-9H2,1-2H3,(H,14,17)(H,15,18). The molecule has 0 bridgehead atoms. The molecule has 0 aromatic heterocycles. The summed E-state index contributed by atoms with van der Waals surface area (Å²) >= 11 is 0. The molecule has 6 heteroatoms. The maximum atomic E-state index is 11.6. The van der Waals surface area contributed by atoms with Gasteiger partial charge >= 0.3 is 0 Å². The molecular weight excluding hydrogens is 232 g/mol. The van der Waals surface area contributed by atoms with E-state index in [9.17, 15) is 9.59 Å². The van der Waals surface area contributed by atoms with Crippen molar-refractivity contribution < 1.29 is 9.59 Å². The summed E-state index contributed by atoms with van der Waals surface area (Å²) in [6.45, 7) is 8.83. The van der Waals surface area contributed by atoms with Crippen molar-refractivity contribution in [1.82, 2.24) is 20.9 Å². The zero-order valence-corrected chi connectivity index (χ0v) is 11.3. The normalized spacial score (nSPS) is 16.6. The first-order valence-electron chi connectivity index (χ1n) is 6.57. The molecule has 1 heterocycles. The highest BCUT2D eigenvalue weighted by Crippen LogP contribution is 1.91. The molecule has 1 rings (SSSR count). The first-order chi connectivity index (χ1) is 8.59. The highest BCUT2D eigenvalue weighted by molar-refractivity contribution is 5.79. The van der Waals surface area contributed by atoms with Gasteiger partial charge in [-0.3, -0.25) is 14.5 Å². The summed E-state index contributed by atoms with van der Waals surface area (Å²) in [5, 5.41) is 8.81. The van der Waals surface area contributed by atoms with Crippen molar-refractivity contribution >= 4 is 11.8 Å². The Morgan fingerprint density at radius 1 is 1.17 bits per heavy atom. The fourth-order valence-electron chi connectivity index (χ4n) is 1.72. The quantitative estimate of drug-likeness (QED) is 0.521. The summed E-state index contributed by atoms with van der Waals surface area (Å²) in [6.07, 6.45) is 0. The zero-order chi connectivity index (χ0) is 13.4. The highest BCUT2D eigenvalue weighted by Gasteiger charge is 2.13. The number of hydrogen-bond acceptors (Lipinski definition) is 4. The molecule has 0 aromatic rings. The summed E-state index contributed by atoms with van der Waals surface area (Å²) in [4.78, 5) is 25.0. The van der Waals surface area contributed by atoms with Crippen molar-refractivity contribution in [1.29, 1.82) is 0 Å². The molecule has 0 radical (unpaired) electrons. The molecule has 104 valence electrons. The van der Waals surface area contributed by atoms with Gasteiger partial charge in [-0.1, -0.05) is 13.8 Å². The van der Waals surface area contributed by atoms with Crippen LogP contribution in [0, 0.1) is 5.92 Å². The van der Waals surface area contributed by atoms with Gasteiger partial charge in [-0.2, -0.15) is 0 Å². The van der Waals surface area contributed by atoms with Gasteiger partial charge in [0.1, 0.15) is 0 Å². The molecule has 0 saturated carbocycles. The van der Waals surface area contributed by atoms with Crippen LogP contribution in [-0.4, -0.2) is 62.5 Å². The maximum absolute atomic E-state index is 11.6. The first-order valence-corrected chi connectivity index (χ1v) is 6.57. The summed E-state index contributed by atoms with van der Waals surface area (Å²) in [6, 6.07) is 0. The van der Waals surface area contributed by atoms with Gasteiger partial charge in [0.05, 0.1) is 6.54 Å². The molecule has 3 N–H and O–H groups in total. The van der Waals surface area contributed by atoms with Gasteiger partial charge in [0.2, 0.25) is 11.8 Å². The van der Waals surface area contributed by atoms with Crippen LogP contribution in [0.3, 0.4) is 0 Å². The molecule has 0 unspecified atom stereocenters. The monoisotopic (exact) mass is 256 g/mol. The second-order valence-electron chi connectivity index (χ2n) is 4.82. The number of rotatable bonds is 6. The van der Waals surface area contributed by atoms with Crippen molar-refractivity contribution in [3.05, 3.63) is 0 Å². The molecule has 1 saturated heterocycles.